The van der Waals surface area contributed by atoms with Crippen LogP contribution in [0.5, 0.6) is 0 Å². The van der Waals surface area contributed by atoms with Crippen molar-refractivity contribution < 1.29 is 4.79 Å². The third-order valence-electron chi connectivity index (χ3n) is 3.48. The summed E-state index contributed by atoms with van der Waals surface area (Å²) in [5.74, 6) is 0.799. The van der Waals surface area contributed by atoms with Gasteiger partial charge in [0.05, 0.1) is 0 Å². The lowest BCUT2D eigenvalue weighted by molar-refractivity contribution is -0.116. The molecule has 2 rings (SSSR count). The summed E-state index contributed by atoms with van der Waals surface area (Å²) < 4.78 is 0. The SMILES string of the molecule is Cc1cccc(NC(=O)CCC2CCCNC2)c1. The molecule has 1 aliphatic rings. The molecule has 0 aromatic heterocycles. The molecule has 18 heavy (non-hydrogen) atoms. The number of benzene rings is 1. The predicted octanol–water partition coefficient (Wildman–Crippen LogP) is 2.71. The van der Waals surface area contributed by atoms with Gasteiger partial charge in [-0.3, -0.25) is 4.79 Å². The van der Waals surface area contributed by atoms with Crippen LogP contribution < -0.4 is 10.6 Å². The van der Waals surface area contributed by atoms with Crippen LogP contribution in [0.25, 0.3) is 0 Å². The lowest BCUT2D eigenvalue weighted by Gasteiger charge is -2.22. The lowest BCUT2D eigenvalue weighted by Crippen LogP contribution is -2.30. The van der Waals surface area contributed by atoms with Gasteiger partial charge in [0.2, 0.25) is 5.91 Å². The number of hydrogen-bond acceptors (Lipinski definition) is 2. The van der Waals surface area contributed by atoms with Crippen molar-refractivity contribution in [2.45, 2.75) is 32.6 Å². The topological polar surface area (TPSA) is 41.1 Å². The molecule has 0 saturated carbocycles. The molecular formula is C15H22N2O. The number of carbonyl (C=O) groups excluding carboxylic acids is 1. The van der Waals surface area contributed by atoms with Crippen molar-refractivity contribution in [2.75, 3.05) is 18.4 Å². The second kappa shape index (κ2) is 6.55. The van der Waals surface area contributed by atoms with Crippen molar-refractivity contribution >= 4 is 11.6 Å². The van der Waals surface area contributed by atoms with Crippen molar-refractivity contribution in [1.29, 1.82) is 0 Å². The molecular weight excluding hydrogens is 224 g/mol. The van der Waals surface area contributed by atoms with E-state index in [1.807, 2.05) is 31.2 Å². The van der Waals surface area contributed by atoms with Crippen LogP contribution in [0.4, 0.5) is 5.69 Å². The fourth-order valence-corrected chi connectivity index (χ4v) is 2.45. The summed E-state index contributed by atoms with van der Waals surface area (Å²) in [6.07, 6.45) is 4.11. The Kier molecular flexibility index (Phi) is 4.76. The first-order valence-electron chi connectivity index (χ1n) is 6.81. The molecule has 0 bridgehead atoms. The van der Waals surface area contributed by atoms with Crippen molar-refractivity contribution in [3.05, 3.63) is 29.8 Å². The lowest BCUT2D eigenvalue weighted by atomic mass is 9.94. The van der Waals surface area contributed by atoms with Crippen molar-refractivity contribution in [3.8, 4) is 0 Å². The molecule has 1 saturated heterocycles. The maximum Gasteiger partial charge on any atom is 0.224 e. The van der Waals surface area contributed by atoms with Crippen LogP contribution in [-0.4, -0.2) is 19.0 Å². The Morgan fingerprint density at radius 2 is 2.39 bits per heavy atom. The number of carbonyl (C=O) groups is 1. The molecule has 1 aromatic rings. The fourth-order valence-electron chi connectivity index (χ4n) is 2.45. The molecule has 1 amide bonds. The zero-order valence-electron chi connectivity index (χ0n) is 11.0. The molecule has 1 heterocycles. The molecule has 1 aromatic carbocycles. The highest BCUT2D eigenvalue weighted by molar-refractivity contribution is 5.90. The zero-order chi connectivity index (χ0) is 12.8. The van der Waals surface area contributed by atoms with E-state index in [0.717, 1.165) is 25.2 Å². The maximum absolute atomic E-state index is 11.8. The minimum absolute atomic E-state index is 0.131. The summed E-state index contributed by atoms with van der Waals surface area (Å²) in [6, 6.07) is 7.94. The van der Waals surface area contributed by atoms with Crippen LogP contribution in [0, 0.1) is 12.8 Å². The van der Waals surface area contributed by atoms with Gasteiger partial charge in [-0.1, -0.05) is 12.1 Å². The van der Waals surface area contributed by atoms with Gasteiger partial charge in [0, 0.05) is 12.1 Å². The van der Waals surface area contributed by atoms with Gasteiger partial charge < -0.3 is 10.6 Å². The third-order valence-corrected chi connectivity index (χ3v) is 3.48. The van der Waals surface area contributed by atoms with Crippen LogP contribution in [0.1, 0.15) is 31.2 Å². The number of hydrogen-bond donors (Lipinski definition) is 2. The van der Waals surface area contributed by atoms with Crippen LogP contribution in [-0.2, 0) is 4.79 Å². The summed E-state index contributed by atoms with van der Waals surface area (Å²) in [4.78, 5) is 11.8. The monoisotopic (exact) mass is 246 g/mol. The molecule has 2 N–H and O–H groups in total. The number of anilines is 1. The first-order chi connectivity index (χ1) is 8.74. The summed E-state index contributed by atoms with van der Waals surface area (Å²) in [6.45, 7) is 4.23. The fraction of sp³-hybridized carbons (Fsp3) is 0.533. The van der Waals surface area contributed by atoms with Gasteiger partial charge in [-0.25, -0.2) is 0 Å². The number of rotatable bonds is 4. The Bertz CT molecular complexity index is 397. The summed E-state index contributed by atoms with van der Waals surface area (Å²) in [5, 5.41) is 6.35. The molecule has 0 aliphatic carbocycles. The summed E-state index contributed by atoms with van der Waals surface area (Å²) in [7, 11) is 0. The van der Waals surface area contributed by atoms with E-state index < -0.39 is 0 Å². The first-order valence-corrected chi connectivity index (χ1v) is 6.81. The second-order valence-electron chi connectivity index (χ2n) is 5.17. The van der Waals surface area contributed by atoms with E-state index in [2.05, 4.69) is 10.6 Å². The average molecular weight is 246 g/mol. The van der Waals surface area contributed by atoms with E-state index in [9.17, 15) is 4.79 Å². The number of piperidine rings is 1. The highest BCUT2D eigenvalue weighted by Gasteiger charge is 2.14. The third kappa shape index (κ3) is 4.15. The highest BCUT2D eigenvalue weighted by atomic mass is 16.1. The van der Waals surface area contributed by atoms with E-state index in [4.69, 9.17) is 0 Å². The van der Waals surface area contributed by atoms with E-state index in [1.165, 1.54) is 18.4 Å². The number of nitrogens with one attached hydrogen (secondary N) is 2. The number of amides is 1. The van der Waals surface area contributed by atoms with E-state index in [0.29, 0.717) is 12.3 Å². The van der Waals surface area contributed by atoms with Crippen LogP contribution >= 0.6 is 0 Å². The minimum atomic E-state index is 0.131. The predicted molar refractivity (Wildman–Crippen MR) is 74.6 cm³/mol. The van der Waals surface area contributed by atoms with Gasteiger partial charge in [0.1, 0.15) is 0 Å². The van der Waals surface area contributed by atoms with Crippen LogP contribution in [0.2, 0.25) is 0 Å². The van der Waals surface area contributed by atoms with E-state index in [1.54, 1.807) is 0 Å². The Morgan fingerprint density at radius 3 is 3.11 bits per heavy atom. The van der Waals surface area contributed by atoms with Gasteiger partial charge in [0.25, 0.3) is 0 Å². The standard InChI is InChI=1S/C15H22N2O/c1-12-4-2-6-14(10-12)17-15(18)8-7-13-5-3-9-16-11-13/h2,4,6,10,13,16H,3,5,7-9,11H2,1H3,(H,17,18). The molecule has 0 spiro atoms. The second-order valence-corrected chi connectivity index (χ2v) is 5.17. The molecule has 1 aliphatic heterocycles. The molecule has 3 heteroatoms. The van der Waals surface area contributed by atoms with Crippen molar-refractivity contribution in [2.24, 2.45) is 5.92 Å². The van der Waals surface area contributed by atoms with Gasteiger partial charge in [-0.15, -0.1) is 0 Å². The Balaban J connectivity index is 1.74. The van der Waals surface area contributed by atoms with Gasteiger partial charge in [-0.2, -0.15) is 0 Å². The average Bonchev–Trinajstić information content (AvgIpc) is 2.38. The zero-order valence-corrected chi connectivity index (χ0v) is 11.0. The summed E-state index contributed by atoms with van der Waals surface area (Å²) in [5.41, 5.74) is 2.08. The number of aryl methyl sites for hydroxylation is 1. The van der Waals surface area contributed by atoms with Crippen molar-refractivity contribution in [3.63, 3.8) is 0 Å². The van der Waals surface area contributed by atoms with Gasteiger partial charge in [0.15, 0.2) is 0 Å². The smallest absolute Gasteiger partial charge is 0.224 e. The molecule has 3 nitrogen and oxygen atoms in total. The molecule has 98 valence electrons. The molecule has 1 fully saturated rings. The largest absolute Gasteiger partial charge is 0.326 e. The van der Waals surface area contributed by atoms with Crippen molar-refractivity contribution in [1.82, 2.24) is 5.32 Å². The quantitative estimate of drug-likeness (QED) is 0.857. The summed E-state index contributed by atoms with van der Waals surface area (Å²) >= 11 is 0. The molecule has 0 radical (unpaired) electrons. The first kappa shape index (κ1) is 13.1. The Hall–Kier alpha value is -1.35. The molecule has 1 unspecified atom stereocenters. The molecule has 1 atom stereocenters. The highest BCUT2D eigenvalue weighted by Crippen LogP contribution is 2.17. The normalized spacial score (nSPS) is 19.5. The van der Waals surface area contributed by atoms with E-state index >= 15 is 0 Å². The Morgan fingerprint density at radius 1 is 1.50 bits per heavy atom. The van der Waals surface area contributed by atoms with Gasteiger partial charge in [-0.05, 0) is 62.9 Å². The van der Waals surface area contributed by atoms with Crippen LogP contribution in [0.15, 0.2) is 24.3 Å². The Labute approximate surface area is 109 Å². The van der Waals surface area contributed by atoms with Gasteiger partial charge >= 0.3 is 0 Å². The maximum atomic E-state index is 11.8. The van der Waals surface area contributed by atoms with Crippen LogP contribution in [0.3, 0.4) is 0 Å². The minimum Gasteiger partial charge on any atom is -0.326 e. The van der Waals surface area contributed by atoms with E-state index in [-0.39, 0.29) is 5.91 Å².